The standard InChI is InChI=1S/C23H26N2O2/c1-23(2)15-25(14-19(23)16-8-6-5-7-9-16)22(26)21-13-17-12-18(27-4)10-11-20(17)24(21)3/h5-13,19H,14-15H2,1-4H3/t19-/m1/s1. The summed E-state index contributed by atoms with van der Waals surface area (Å²) < 4.78 is 7.30. The minimum absolute atomic E-state index is 0.0464. The van der Waals surface area contributed by atoms with E-state index < -0.39 is 0 Å². The number of carbonyl (C=O) groups excluding carboxylic acids is 1. The number of benzene rings is 2. The van der Waals surface area contributed by atoms with Crippen LogP contribution < -0.4 is 4.74 Å². The maximum atomic E-state index is 13.3. The highest BCUT2D eigenvalue weighted by Crippen LogP contribution is 2.42. The third-order valence-corrected chi connectivity index (χ3v) is 5.90. The Morgan fingerprint density at radius 3 is 2.56 bits per heavy atom. The van der Waals surface area contributed by atoms with Crippen LogP contribution in [0.4, 0.5) is 0 Å². The molecule has 2 heterocycles. The molecule has 0 N–H and O–H groups in total. The van der Waals surface area contributed by atoms with Crippen LogP contribution in [0.1, 0.15) is 35.8 Å². The van der Waals surface area contributed by atoms with Gasteiger partial charge in [0.2, 0.25) is 0 Å². The largest absolute Gasteiger partial charge is 0.497 e. The maximum Gasteiger partial charge on any atom is 0.270 e. The fraction of sp³-hybridized carbons (Fsp3) is 0.348. The average molecular weight is 362 g/mol. The van der Waals surface area contributed by atoms with E-state index in [1.54, 1.807) is 7.11 Å². The number of carbonyl (C=O) groups is 1. The van der Waals surface area contributed by atoms with Gasteiger partial charge >= 0.3 is 0 Å². The average Bonchev–Trinajstić information content (AvgIpc) is 3.17. The van der Waals surface area contributed by atoms with Crippen LogP contribution in [0.15, 0.2) is 54.6 Å². The lowest BCUT2D eigenvalue weighted by Crippen LogP contribution is -2.31. The fourth-order valence-corrected chi connectivity index (χ4v) is 4.35. The molecule has 140 valence electrons. The number of likely N-dealkylation sites (tertiary alicyclic amines) is 1. The Bertz CT molecular complexity index is 988. The SMILES string of the molecule is COc1ccc2c(c1)cc(C(=O)N1C[C@H](c3ccccc3)C(C)(C)C1)n2C. The van der Waals surface area contributed by atoms with E-state index in [9.17, 15) is 4.79 Å². The number of hydrogen-bond acceptors (Lipinski definition) is 2. The smallest absolute Gasteiger partial charge is 0.270 e. The summed E-state index contributed by atoms with van der Waals surface area (Å²) in [5.41, 5.74) is 3.12. The molecule has 0 radical (unpaired) electrons. The normalized spacial score (nSPS) is 18.8. The summed E-state index contributed by atoms with van der Waals surface area (Å²) in [5, 5.41) is 1.03. The first-order chi connectivity index (χ1) is 12.9. The first-order valence-electron chi connectivity index (χ1n) is 9.38. The van der Waals surface area contributed by atoms with Crippen molar-refractivity contribution < 1.29 is 9.53 Å². The highest BCUT2D eigenvalue weighted by Gasteiger charge is 2.42. The predicted octanol–water partition coefficient (Wildman–Crippen LogP) is 4.45. The van der Waals surface area contributed by atoms with Crippen LogP contribution >= 0.6 is 0 Å². The molecule has 1 amide bonds. The van der Waals surface area contributed by atoms with Crippen molar-refractivity contribution in [3.8, 4) is 5.75 Å². The Balaban J connectivity index is 1.65. The van der Waals surface area contributed by atoms with Crippen LogP contribution in [0.25, 0.3) is 10.9 Å². The summed E-state index contributed by atoms with van der Waals surface area (Å²) >= 11 is 0. The van der Waals surface area contributed by atoms with E-state index in [-0.39, 0.29) is 11.3 Å². The summed E-state index contributed by atoms with van der Waals surface area (Å²) in [6.07, 6.45) is 0. The van der Waals surface area contributed by atoms with Crippen molar-refractivity contribution >= 4 is 16.8 Å². The molecule has 0 saturated carbocycles. The van der Waals surface area contributed by atoms with Gasteiger partial charge in [0.15, 0.2) is 0 Å². The van der Waals surface area contributed by atoms with Crippen molar-refractivity contribution in [2.45, 2.75) is 19.8 Å². The van der Waals surface area contributed by atoms with Crippen molar-refractivity contribution in [2.75, 3.05) is 20.2 Å². The number of aryl methyl sites for hydroxylation is 1. The fourth-order valence-electron chi connectivity index (χ4n) is 4.35. The molecular weight excluding hydrogens is 336 g/mol. The van der Waals surface area contributed by atoms with Gasteiger partial charge in [0.1, 0.15) is 11.4 Å². The van der Waals surface area contributed by atoms with Crippen LogP contribution in [0.3, 0.4) is 0 Å². The highest BCUT2D eigenvalue weighted by molar-refractivity contribution is 5.99. The van der Waals surface area contributed by atoms with E-state index in [2.05, 4.69) is 38.1 Å². The number of ether oxygens (including phenoxy) is 1. The Hall–Kier alpha value is -2.75. The zero-order valence-electron chi connectivity index (χ0n) is 16.4. The Kier molecular flexibility index (Phi) is 4.22. The summed E-state index contributed by atoms with van der Waals surface area (Å²) in [5.74, 6) is 1.25. The molecule has 3 aromatic rings. The van der Waals surface area contributed by atoms with Gasteiger partial charge in [0.25, 0.3) is 5.91 Å². The number of fused-ring (bicyclic) bond motifs is 1. The molecule has 4 rings (SSSR count). The number of aromatic nitrogens is 1. The van der Waals surface area contributed by atoms with Crippen LogP contribution in [-0.2, 0) is 7.05 Å². The molecule has 0 bridgehead atoms. The first-order valence-corrected chi connectivity index (χ1v) is 9.38. The molecule has 1 aliphatic rings. The Morgan fingerprint density at radius 2 is 1.85 bits per heavy atom. The van der Waals surface area contributed by atoms with Gasteiger partial charge in [-0.05, 0) is 35.2 Å². The minimum Gasteiger partial charge on any atom is -0.497 e. The first kappa shape index (κ1) is 17.7. The monoisotopic (exact) mass is 362 g/mol. The molecule has 0 spiro atoms. The third kappa shape index (κ3) is 2.99. The number of rotatable bonds is 3. The Labute approximate surface area is 160 Å². The van der Waals surface area contributed by atoms with E-state index >= 15 is 0 Å². The second-order valence-electron chi connectivity index (χ2n) is 8.15. The summed E-state index contributed by atoms with van der Waals surface area (Å²) in [6.45, 7) is 6.02. The summed E-state index contributed by atoms with van der Waals surface area (Å²) in [4.78, 5) is 15.3. The van der Waals surface area contributed by atoms with E-state index in [0.29, 0.717) is 5.92 Å². The van der Waals surface area contributed by atoms with E-state index in [1.807, 2.05) is 46.8 Å². The lowest BCUT2D eigenvalue weighted by molar-refractivity contribution is 0.0769. The molecule has 1 aromatic heterocycles. The number of nitrogens with zero attached hydrogens (tertiary/aromatic N) is 2. The Morgan fingerprint density at radius 1 is 1.11 bits per heavy atom. The molecule has 1 atom stereocenters. The van der Waals surface area contributed by atoms with E-state index in [1.165, 1.54) is 5.56 Å². The predicted molar refractivity (Wildman–Crippen MR) is 108 cm³/mol. The summed E-state index contributed by atoms with van der Waals surface area (Å²) in [7, 11) is 3.62. The third-order valence-electron chi connectivity index (χ3n) is 5.90. The lowest BCUT2D eigenvalue weighted by Gasteiger charge is -2.25. The lowest BCUT2D eigenvalue weighted by atomic mass is 9.78. The molecule has 0 unspecified atom stereocenters. The van der Waals surface area contributed by atoms with Crippen LogP contribution in [-0.4, -0.2) is 35.6 Å². The minimum atomic E-state index is 0.0464. The topological polar surface area (TPSA) is 34.5 Å². The van der Waals surface area contributed by atoms with Crippen molar-refractivity contribution in [1.82, 2.24) is 9.47 Å². The molecule has 4 nitrogen and oxygen atoms in total. The molecule has 27 heavy (non-hydrogen) atoms. The van der Waals surface area contributed by atoms with Gasteiger partial charge in [-0.15, -0.1) is 0 Å². The van der Waals surface area contributed by atoms with Crippen molar-refractivity contribution in [2.24, 2.45) is 12.5 Å². The molecule has 1 fully saturated rings. The van der Waals surface area contributed by atoms with Gasteiger partial charge in [-0.1, -0.05) is 44.2 Å². The van der Waals surface area contributed by atoms with Gasteiger partial charge < -0.3 is 14.2 Å². The summed E-state index contributed by atoms with van der Waals surface area (Å²) in [6, 6.07) is 18.4. The van der Waals surface area contributed by atoms with Gasteiger partial charge in [-0.3, -0.25) is 4.79 Å². The maximum absolute atomic E-state index is 13.3. The number of hydrogen-bond donors (Lipinski definition) is 0. The number of methoxy groups -OCH3 is 1. The molecule has 4 heteroatoms. The van der Waals surface area contributed by atoms with Crippen LogP contribution in [0.2, 0.25) is 0 Å². The zero-order valence-corrected chi connectivity index (χ0v) is 16.4. The van der Waals surface area contributed by atoms with Gasteiger partial charge in [0, 0.05) is 37.0 Å². The quantitative estimate of drug-likeness (QED) is 0.690. The van der Waals surface area contributed by atoms with Crippen molar-refractivity contribution in [3.63, 3.8) is 0 Å². The van der Waals surface area contributed by atoms with Crippen molar-refractivity contribution in [3.05, 3.63) is 65.9 Å². The van der Waals surface area contributed by atoms with Gasteiger partial charge in [-0.2, -0.15) is 0 Å². The molecular formula is C23H26N2O2. The molecule has 2 aromatic carbocycles. The van der Waals surface area contributed by atoms with E-state index in [0.717, 1.165) is 35.4 Å². The zero-order chi connectivity index (χ0) is 19.2. The molecule has 0 aliphatic carbocycles. The molecule has 1 saturated heterocycles. The van der Waals surface area contributed by atoms with Gasteiger partial charge in [-0.25, -0.2) is 0 Å². The van der Waals surface area contributed by atoms with Crippen molar-refractivity contribution in [1.29, 1.82) is 0 Å². The highest BCUT2D eigenvalue weighted by atomic mass is 16.5. The van der Waals surface area contributed by atoms with E-state index in [4.69, 9.17) is 4.74 Å². The van der Waals surface area contributed by atoms with Crippen LogP contribution in [0.5, 0.6) is 5.75 Å². The second-order valence-corrected chi connectivity index (χ2v) is 8.15. The number of amides is 1. The second kappa shape index (κ2) is 6.45. The van der Waals surface area contributed by atoms with Gasteiger partial charge in [0.05, 0.1) is 7.11 Å². The molecule has 1 aliphatic heterocycles. The van der Waals surface area contributed by atoms with Crippen LogP contribution in [0, 0.1) is 5.41 Å².